The Labute approximate surface area is 95.4 Å². The molecule has 0 saturated carbocycles. The van der Waals surface area contributed by atoms with E-state index in [0.29, 0.717) is 5.69 Å². The van der Waals surface area contributed by atoms with E-state index < -0.39 is 15.8 Å². The van der Waals surface area contributed by atoms with Crippen molar-refractivity contribution in [3.8, 4) is 6.07 Å². The minimum absolute atomic E-state index is 0.459. The third-order valence-corrected chi connectivity index (χ3v) is 2.97. The molecular formula is C10H13N3O2S. The predicted octanol–water partition coefficient (Wildman–Crippen LogP) is 1.02. The second-order valence-corrected chi connectivity index (χ2v) is 5.18. The van der Waals surface area contributed by atoms with Crippen LogP contribution in [0.2, 0.25) is 0 Å². The second kappa shape index (κ2) is 4.86. The summed E-state index contributed by atoms with van der Waals surface area (Å²) in [6.07, 6.45) is 0. The fourth-order valence-electron chi connectivity index (χ4n) is 1.13. The number of benzene rings is 1. The van der Waals surface area contributed by atoms with Crippen LogP contribution in [-0.2, 0) is 10.0 Å². The molecule has 16 heavy (non-hydrogen) atoms. The van der Waals surface area contributed by atoms with Crippen molar-refractivity contribution in [1.29, 1.82) is 5.26 Å². The maximum atomic E-state index is 11.3. The first kappa shape index (κ1) is 12.3. The Kier molecular flexibility index (Phi) is 3.74. The summed E-state index contributed by atoms with van der Waals surface area (Å²) in [4.78, 5) is 1.91. The smallest absolute Gasteiger partial charge is 0.246 e. The minimum atomic E-state index is -3.54. The molecule has 0 heterocycles. The Hall–Kier alpha value is -1.74. The number of hydrogen-bond acceptors (Lipinski definition) is 4. The first-order valence-corrected chi connectivity index (χ1v) is 6.24. The lowest BCUT2D eigenvalue weighted by Gasteiger charge is -2.13. The monoisotopic (exact) mass is 239 g/mol. The van der Waals surface area contributed by atoms with Crippen molar-refractivity contribution < 1.29 is 8.42 Å². The van der Waals surface area contributed by atoms with Crippen LogP contribution in [0.25, 0.3) is 0 Å². The highest BCUT2D eigenvalue weighted by atomic mass is 32.2. The van der Waals surface area contributed by atoms with Crippen LogP contribution in [0.4, 0.5) is 11.4 Å². The van der Waals surface area contributed by atoms with Gasteiger partial charge in [0.2, 0.25) is 10.0 Å². The Bertz CT molecular complexity index is 486. The van der Waals surface area contributed by atoms with Gasteiger partial charge in [0.25, 0.3) is 0 Å². The predicted molar refractivity (Wildman–Crippen MR) is 63.8 cm³/mol. The van der Waals surface area contributed by atoms with Crippen molar-refractivity contribution in [3.63, 3.8) is 0 Å². The highest BCUT2D eigenvalue weighted by Gasteiger charge is 2.08. The Morgan fingerprint density at radius 1 is 1.31 bits per heavy atom. The third-order valence-electron chi connectivity index (χ3n) is 1.91. The average molecular weight is 239 g/mol. The molecule has 0 aliphatic rings. The van der Waals surface area contributed by atoms with E-state index in [1.807, 2.05) is 19.0 Å². The molecule has 1 aromatic carbocycles. The number of nitriles is 1. The fraction of sp³-hybridized carbons (Fsp3) is 0.300. The third kappa shape index (κ3) is 3.44. The van der Waals surface area contributed by atoms with Gasteiger partial charge < -0.3 is 4.90 Å². The van der Waals surface area contributed by atoms with Crippen LogP contribution in [0.15, 0.2) is 24.3 Å². The zero-order chi connectivity index (χ0) is 12.2. The molecule has 6 heteroatoms. The van der Waals surface area contributed by atoms with Gasteiger partial charge in [0.05, 0.1) is 6.07 Å². The summed E-state index contributed by atoms with van der Waals surface area (Å²) in [7, 11) is 0.253. The van der Waals surface area contributed by atoms with Gasteiger partial charge in [0.15, 0.2) is 5.75 Å². The summed E-state index contributed by atoms with van der Waals surface area (Å²) >= 11 is 0. The average Bonchev–Trinajstić information content (AvgIpc) is 2.17. The molecule has 0 amide bonds. The van der Waals surface area contributed by atoms with Gasteiger partial charge in [-0.1, -0.05) is 0 Å². The molecule has 86 valence electrons. The first-order valence-electron chi connectivity index (χ1n) is 4.59. The van der Waals surface area contributed by atoms with Crippen LogP contribution in [0, 0.1) is 11.3 Å². The SMILES string of the molecule is CN(C)c1ccc(NS(=O)(=O)CC#N)cc1. The number of rotatable bonds is 4. The first-order chi connectivity index (χ1) is 7.44. The molecule has 1 N–H and O–H groups in total. The van der Waals surface area contributed by atoms with Crippen LogP contribution in [0.3, 0.4) is 0 Å². The van der Waals surface area contributed by atoms with Gasteiger partial charge in [-0.2, -0.15) is 5.26 Å². The van der Waals surface area contributed by atoms with Gasteiger partial charge >= 0.3 is 0 Å². The van der Waals surface area contributed by atoms with Crippen molar-refractivity contribution in [3.05, 3.63) is 24.3 Å². The highest BCUT2D eigenvalue weighted by molar-refractivity contribution is 7.92. The van der Waals surface area contributed by atoms with E-state index in [9.17, 15) is 8.42 Å². The highest BCUT2D eigenvalue weighted by Crippen LogP contribution is 2.16. The standard InChI is InChI=1S/C10H13N3O2S/c1-13(2)10-5-3-9(4-6-10)12-16(14,15)8-7-11/h3-6,12H,8H2,1-2H3. The molecule has 0 aliphatic carbocycles. The lowest BCUT2D eigenvalue weighted by atomic mass is 10.3. The Morgan fingerprint density at radius 2 is 1.88 bits per heavy atom. The van der Waals surface area contributed by atoms with Gasteiger partial charge in [-0.05, 0) is 24.3 Å². The van der Waals surface area contributed by atoms with Crippen molar-refractivity contribution in [2.45, 2.75) is 0 Å². The molecule has 0 aromatic heterocycles. The summed E-state index contributed by atoms with van der Waals surface area (Å²) in [6, 6.07) is 8.50. The Balaban J connectivity index is 2.81. The maximum absolute atomic E-state index is 11.3. The molecule has 1 aromatic rings. The number of hydrogen-bond donors (Lipinski definition) is 1. The topological polar surface area (TPSA) is 73.2 Å². The van der Waals surface area contributed by atoms with Crippen LogP contribution >= 0.6 is 0 Å². The van der Waals surface area contributed by atoms with Crippen molar-refractivity contribution in [2.75, 3.05) is 29.5 Å². The van der Waals surface area contributed by atoms with Crippen LogP contribution in [-0.4, -0.2) is 28.3 Å². The molecule has 0 atom stereocenters. The zero-order valence-electron chi connectivity index (χ0n) is 9.14. The van der Waals surface area contributed by atoms with E-state index in [2.05, 4.69) is 4.72 Å². The lowest BCUT2D eigenvalue weighted by Crippen LogP contribution is -2.15. The quantitative estimate of drug-likeness (QED) is 0.851. The van der Waals surface area contributed by atoms with Gasteiger partial charge in [-0.15, -0.1) is 0 Å². The number of nitrogens with one attached hydrogen (secondary N) is 1. The lowest BCUT2D eigenvalue weighted by molar-refractivity contribution is 0.604. The molecule has 0 aliphatic heterocycles. The molecule has 0 fully saturated rings. The number of nitrogens with zero attached hydrogens (tertiary/aromatic N) is 2. The van der Waals surface area contributed by atoms with E-state index >= 15 is 0 Å². The zero-order valence-corrected chi connectivity index (χ0v) is 9.95. The van der Waals surface area contributed by atoms with E-state index in [1.54, 1.807) is 30.3 Å². The molecule has 0 saturated heterocycles. The molecule has 0 unspecified atom stereocenters. The van der Waals surface area contributed by atoms with Gasteiger partial charge in [0, 0.05) is 25.5 Å². The summed E-state index contributed by atoms with van der Waals surface area (Å²) in [5.41, 5.74) is 1.43. The van der Waals surface area contributed by atoms with E-state index in [4.69, 9.17) is 5.26 Å². The Morgan fingerprint density at radius 3 is 2.31 bits per heavy atom. The van der Waals surface area contributed by atoms with Crippen molar-refractivity contribution in [2.24, 2.45) is 0 Å². The number of sulfonamides is 1. The van der Waals surface area contributed by atoms with Gasteiger partial charge in [-0.25, -0.2) is 8.42 Å². The summed E-state index contributed by atoms with van der Waals surface area (Å²) in [5, 5.41) is 8.32. The summed E-state index contributed by atoms with van der Waals surface area (Å²) < 4.78 is 24.9. The number of anilines is 2. The summed E-state index contributed by atoms with van der Waals surface area (Å²) in [5.74, 6) is -0.539. The molecule has 0 spiro atoms. The van der Waals surface area contributed by atoms with E-state index in [0.717, 1.165) is 5.69 Å². The molecule has 0 radical (unpaired) electrons. The second-order valence-electron chi connectivity index (χ2n) is 3.46. The largest absolute Gasteiger partial charge is 0.378 e. The van der Waals surface area contributed by atoms with Gasteiger partial charge in [0.1, 0.15) is 0 Å². The molecule has 1 rings (SSSR count). The van der Waals surface area contributed by atoms with E-state index in [-0.39, 0.29) is 0 Å². The molecular weight excluding hydrogens is 226 g/mol. The van der Waals surface area contributed by atoms with E-state index in [1.165, 1.54) is 0 Å². The van der Waals surface area contributed by atoms with Crippen LogP contribution < -0.4 is 9.62 Å². The molecule has 0 bridgehead atoms. The van der Waals surface area contributed by atoms with Crippen molar-refractivity contribution >= 4 is 21.4 Å². The van der Waals surface area contributed by atoms with Crippen molar-refractivity contribution in [1.82, 2.24) is 0 Å². The van der Waals surface area contributed by atoms with Gasteiger partial charge in [-0.3, -0.25) is 4.72 Å². The van der Waals surface area contributed by atoms with Crippen LogP contribution in [0.1, 0.15) is 0 Å². The van der Waals surface area contributed by atoms with Crippen LogP contribution in [0.5, 0.6) is 0 Å². The summed E-state index contributed by atoms with van der Waals surface area (Å²) in [6.45, 7) is 0. The normalized spacial score (nSPS) is 10.6. The fourth-order valence-corrected chi connectivity index (χ4v) is 1.87. The molecule has 5 nitrogen and oxygen atoms in total. The minimum Gasteiger partial charge on any atom is -0.378 e. The maximum Gasteiger partial charge on any atom is 0.246 e.